The Morgan fingerprint density at radius 2 is 2.21 bits per heavy atom. The molecule has 1 rings (SSSR count). The van der Waals surface area contributed by atoms with Crippen molar-refractivity contribution in [1.82, 2.24) is 4.98 Å². The van der Waals surface area contributed by atoms with Crippen LogP contribution in [-0.2, 0) is 6.42 Å². The summed E-state index contributed by atoms with van der Waals surface area (Å²) in [5.41, 5.74) is 4.05. The zero-order chi connectivity index (χ0) is 10.7. The van der Waals surface area contributed by atoms with E-state index in [9.17, 15) is 13.2 Å². The quantitative estimate of drug-likeness (QED) is 0.742. The Labute approximate surface area is 78.0 Å². The van der Waals surface area contributed by atoms with Crippen molar-refractivity contribution in [3.05, 3.63) is 23.3 Å². The summed E-state index contributed by atoms with van der Waals surface area (Å²) in [4.78, 5) is 3.10. The molecule has 14 heavy (non-hydrogen) atoms. The zero-order valence-electron chi connectivity index (χ0n) is 6.97. The Morgan fingerprint density at radius 1 is 1.57 bits per heavy atom. The van der Waals surface area contributed by atoms with Crippen LogP contribution in [0, 0.1) is 17.3 Å². The van der Waals surface area contributed by atoms with Crippen molar-refractivity contribution >= 4 is 5.69 Å². The number of rotatable bonds is 2. The molecule has 0 amide bonds. The van der Waals surface area contributed by atoms with E-state index in [0.29, 0.717) is 6.20 Å². The first-order valence-electron chi connectivity index (χ1n) is 3.65. The van der Waals surface area contributed by atoms with E-state index in [2.05, 4.69) is 4.98 Å². The molecule has 3 nitrogen and oxygen atoms in total. The Bertz CT molecular complexity index is 384. The second-order valence-corrected chi connectivity index (χ2v) is 2.53. The highest BCUT2D eigenvalue weighted by molar-refractivity contribution is 5.53. The standard InChI is InChI=1S/C8H6F3N3/c9-7(10)5-3-14-8(11)4(1-2-12)6(5)13/h3,7H,1H2,(H2,13,14). The minimum absolute atomic E-state index is 0.273. The third-order valence-electron chi connectivity index (χ3n) is 1.69. The van der Waals surface area contributed by atoms with Crippen LogP contribution in [0.25, 0.3) is 0 Å². The number of nitrogens with two attached hydrogens (primary N) is 1. The maximum absolute atomic E-state index is 12.9. The van der Waals surface area contributed by atoms with Crippen LogP contribution < -0.4 is 5.73 Å². The van der Waals surface area contributed by atoms with Gasteiger partial charge in [0.05, 0.1) is 23.7 Å². The van der Waals surface area contributed by atoms with Gasteiger partial charge in [-0.3, -0.25) is 0 Å². The number of aromatic nitrogens is 1. The molecule has 0 spiro atoms. The van der Waals surface area contributed by atoms with E-state index in [-0.39, 0.29) is 12.0 Å². The van der Waals surface area contributed by atoms with E-state index in [0.717, 1.165) is 0 Å². The van der Waals surface area contributed by atoms with Crippen molar-refractivity contribution in [3.63, 3.8) is 0 Å². The maximum atomic E-state index is 12.9. The Morgan fingerprint density at radius 3 is 2.71 bits per heavy atom. The molecule has 1 aromatic rings. The summed E-state index contributed by atoms with van der Waals surface area (Å²) in [5.74, 6) is -0.978. The summed E-state index contributed by atoms with van der Waals surface area (Å²) in [6.07, 6.45) is -2.51. The topological polar surface area (TPSA) is 62.7 Å². The van der Waals surface area contributed by atoms with Gasteiger partial charge in [0.2, 0.25) is 5.95 Å². The first kappa shape index (κ1) is 10.3. The van der Waals surface area contributed by atoms with E-state index in [1.165, 1.54) is 0 Å². The number of alkyl halides is 2. The molecular formula is C8H6F3N3. The molecule has 1 heterocycles. The van der Waals surface area contributed by atoms with E-state index in [1.54, 1.807) is 6.07 Å². The molecule has 0 atom stereocenters. The van der Waals surface area contributed by atoms with Crippen LogP contribution in [-0.4, -0.2) is 4.98 Å². The van der Waals surface area contributed by atoms with Gasteiger partial charge in [-0.25, -0.2) is 13.8 Å². The summed E-state index contributed by atoms with van der Waals surface area (Å²) in [6, 6.07) is 1.63. The number of nitriles is 1. The molecule has 0 aliphatic heterocycles. The molecule has 0 saturated carbocycles. The lowest BCUT2D eigenvalue weighted by Crippen LogP contribution is -2.05. The van der Waals surface area contributed by atoms with Crippen LogP contribution in [0.3, 0.4) is 0 Å². The highest BCUT2D eigenvalue weighted by Gasteiger charge is 2.17. The van der Waals surface area contributed by atoms with Gasteiger partial charge in [0.25, 0.3) is 6.43 Å². The Kier molecular flexibility index (Phi) is 2.92. The molecular weight excluding hydrogens is 195 g/mol. The molecule has 0 aromatic carbocycles. The molecule has 0 unspecified atom stereocenters. The van der Waals surface area contributed by atoms with Crippen LogP contribution in [0.5, 0.6) is 0 Å². The average Bonchev–Trinajstić information content (AvgIpc) is 2.11. The van der Waals surface area contributed by atoms with Crippen molar-refractivity contribution in [1.29, 1.82) is 5.26 Å². The first-order valence-corrected chi connectivity index (χ1v) is 3.65. The van der Waals surface area contributed by atoms with Crippen LogP contribution in [0.4, 0.5) is 18.9 Å². The van der Waals surface area contributed by atoms with Crippen molar-refractivity contribution < 1.29 is 13.2 Å². The van der Waals surface area contributed by atoms with Gasteiger partial charge in [0.1, 0.15) is 0 Å². The first-order chi connectivity index (χ1) is 6.57. The number of nitrogens with zero attached hydrogens (tertiary/aromatic N) is 2. The summed E-state index contributed by atoms with van der Waals surface area (Å²) in [5, 5.41) is 8.31. The van der Waals surface area contributed by atoms with Crippen molar-refractivity contribution in [3.8, 4) is 6.07 Å². The van der Waals surface area contributed by atoms with Gasteiger partial charge < -0.3 is 5.73 Å². The summed E-state index contributed by atoms with van der Waals surface area (Å²) < 4.78 is 37.4. The summed E-state index contributed by atoms with van der Waals surface area (Å²) in [6.45, 7) is 0. The second-order valence-electron chi connectivity index (χ2n) is 2.53. The summed E-state index contributed by atoms with van der Waals surface area (Å²) in [7, 11) is 0. The van der Waals surface area contributed by atoms with E-state index in [1.807, 2.05) is 0 Å². The fraction of sp³-hybridized carbons (Fsp3) is 0.250. The van der Waals surface area contributed by atoms with Gasteiger partial charge in [-0.05, 0) is 0 Å². The van der Waals surface area contributed by atoms with Crippen molar-refractivity contribution in [2.75, 3.05) is 5.73 Å². The SMILES string of the molecule is N#CCc1c(F)ncc(C(F)F)c1N. The predicted octanol–water partition coefficient (Wildman–Crippen LogP) is 1.81. The number of halogens is 3. The predicted molar refractivity (Wildman–Crippen MR) is 42.9 cm³/mol. The molecule has 1 aromatic heterocycles. The fourth-order valence-electron chi connectivity index (χ4n) is 0.980. The molecule has 0 aliphatic carbocycles. The molecule has 0 radical (unpaired) electrons. The number of nitrogen functional groups attached to an aromatic ring is 1. The Balaban J connectivity index is 3.27. The monoisotopic (exact) mass is 201 g/mol. The minimum Gasteiger partial charge on any atom is -0.398 e. The van der Waals surface area contributed by atoms with Crippen LogP contribution in [0.1, 0.15) is 17.6 Å². The fourth-order valence-corrected chi connectivity index (χ4v) is 0.980. The average molecular weight is 201 g/mol. The van der Waals surface area contributed by atoms with E-state index < -0.39 is 23.6 Å². The number of anilines is 1. The van der Waals surface area contributed by atoms with Gasteiger partial charge >= 0.3 is 0 Å². The lowest BCUT2D eigenvalue weighted by molar-refractivity contribution is 0.151. The lowest BCUT2D eigenvalue weighted by atomic mass is 10.1. The molecule has 0 aliphatic rings. The van der Waals surface area contributed by atoms with Crippen LogP contribution >= 0.6 is 0 Å². The smallest absolute Gasteiger partial charge is 0.267 e. The second kappa shape index (κ2) is 3.96. The largest absolute Gasteiger partial charge is 0.398 e. The summed E-state index contributed by atoms with van der Waals surface area (Å²) >= 11 is 0. The van der Waals surface area contributed by atoms with Gasteiger partial charge in [0, 0.05) is 11.8 Å². The van der Waals surface area contributed by atoms with Gasteiger partial charge in [-0.1, -0.05) is 0 Å². The molecule has 0 saturated heterocycles. The van der Waals surface area contributed by atoms with Gasteiger partial charge in [-0.2, -0.15) is 9.65 Å². The number of pyridine rings is 1. The highest BCUT2D eigenvalue weighted by Crippen LogP contribution is 2.27. The van der Waals surface area contributed by atoms with E-state index >= 15 is 0 Å². The molecule has 74 valence electrons. The van der Waals surface area contributed by atoms with Crippen molar-refractivity contribution in [2.24, 2.45) is 0 Å². The number of hydrogen-bond acceptors (Lipinski definition) is 3. The molecule has 6 heteroatoms. The normalized spacial score (nSPS) is 10.2. The Hall–Kier alpha value is -1.77. The van der Waals surface area contributed by atoms with E-state index in [4.69, 9.17) is 11.0 Å². The zero-order valence-corrected chi connectivity index (χ0v) is 6.97. The van der Waals surface area contributed by atoms with Gasteiger partial charge in [-0.15, -0.1) is 0 Å². The van der Waals surface area contributed by atoms with Crippen LogP contribution in [0.2, 0.25) is 0 Å². The maximum Gasteiger partial charge on any atom is 0.267 e. The lowest BCUT2D eigenvalue weighted by Gasteiger charge is -2.07. The molecule has 0 bridgehead atoms. The number of hydrogen-bond donors (Lipinski definition) is 1. The minimum atomic E-state index is -2.82. The molecule has 2 N–H and O–H groups in total. The third-order valence-corrected chi connectivity index (χ3v) is 1.69. The molecule has 0 fully saturated rings. The van der Waals surface area contributed by atoms with Crippen molar-refractivity contribution in [2.45, 2.75) is 12.8 Å². The van der Waals surface area contributed by atoms with Crippen LogP contribution in [0.15, 0.2) is 6.20 Å². The van der Waals surface area contributed by atoms with Gasteiger partial charge in [0.15, 0.2) is 0 Å². The third kappa shape index (κ3) is 1.76. The highest BCUT2D eigenvalue weighted by atomic mass is 19.3.